The molecule has 0 amide bonds. The summed E-state index contributed by atoms with van der Waals surface area (Å²) in [5, 5.41) is 18.9. The van der Waals surface area contributed by atoms with Crippen molar-refractivity contribution >= 4 is 15.9 Å². The van der Waals surface area contributed by atoms with Crippen molar-refractivity contribution in [3.8, 4) is 5.75 Å². The normalized spacial score (nSPS) is 19.2. The van der Waals surface area contributed by atoms with Crippen LogP contribution in [0.2, 0.25) is 0 Å². The fraction of sp³-hybridized carbons (Fsp3) is 0.333. The van der Waals surface area contributed by atoms with Gasteiger partial charge < -0.3 is 10.2 Å². The Morgan fingerprint density at radius 3 is 2.50 bits per heavy atom. The first kappa shape index (κ1) is 8.08. The van der Waals surface area contributed by atoms with E-state index in [2.05, 4.69) is 15.9 Å². The Morgan fingerprint density at radius 2 is 2.00 bits per heavy atom. The predicted molar refractivity (Wildman–Crippen MR) is 48.9 cm³/mol. The molecule has 64 valence electrons. The summed E-state index contributed by atoms with van der Waals surface area (Å²) in [5.74, 6) is 0.217. The Balaban J connectivity index is 2.45. The van der Waals surface area contributed by atoms with Crippen molar-refractivity contribution in [1.82, 2.24) is 0 Å². The molecule has 1 aromatic rings. The second-order valence-electron chi connectivity index (χ2n) is 3.20. The van der Waals surface area contributed by atoms with Crippen molar-refractivity contribution in [3.63, 3.8) is 0 Å². The van der Waals surface area contributed by atoms with Crippen LogP contribution >= 0.6 is 15.9 Å². The zero-order valence-electron chi connectivity index (χ0n) is 6.42. The second-order valence-corrected chi connectivity index (χ2v) is 4.05. The molecule has 0 radical (unpaired) electrons. The quantitative estimate of drug-likeness (QED) is 0.774. The minimum Gasteiger partial charge on any atom is -0.508 e. The number of hydrogen-bond donors (Lipinski definition) is 2. The van der Waals surface area contributed by atoms with Gasteiger partial charge >= 0.3 is 0 Å². The second kappa shape index (κ2) is 2.47. The number of phenols is 1. The molecule has 1 aliphatic carbocycles. The minimum atomic E-state index is -0.632. The minimum absolute atomic E-state index is 0.217. The SMILES string of the molecule is Oc1ccc(C2(O)CC2)c(Br)c1. The maximum Gasteiger partial charge on any atom is 0.116 e. The molecule has 0 aromatic heterocycles. The van der Waals surface area contributed by atoms with Gasteiger partial charge in [-0.05, 0) is 30.5 Å². The van der Waals surface area contributed by atoms with Gasteiger partial charge in [-0.15, -0.1) is 0 Å². The fourth-order valence-electron chi connectivity index (χ4n) is 1.27. The summed E-state index contributed by atoms with van der Waals surface area (Å²) in [6.45, 7) is 0. The number of aromatic hydroxyl groups is 1. The number of halogens is 1. The number of aliphatic hydroxyl groups is 1. The molecule has 0 aliphatic heterocycles. The Labute approximate surface area is 79.0 Å². The average Bonchev–Trinajstić information content (AvgIpc) is 2.68. The van der Waals surface area contributed by atoms with Crippen molar-refractivity contribution in [2.24, 2.45) is 0 Å². The van der Waals surface area contributed by atoms with Crippen molar-refractivity contribution in [1.29, 1.82) is 0 Å². The van der Waals surface area contributed by atoms with Gasteiger partial charge in [-0.1, -0.05) is 22.0 Å². The topological polar surface area (TPSA) is 40.5 Å². The van der Waals surface area contributed by atoms with Gasteiger partial charge in [0.25, 0.3) is 0 Å². The van der Waals surface area contributed by atoms with Crippen molar-refractivity contribution in [2.75, 3.05) is 0 Å². The lowest BCUT2D eigenvalue weighted by Gasteiger charge is -2.09. The van der Waals surface area contributed by atoms with Crippen LogP contribution in [-0.4, -0.2) is 10.2 Å². The standard InChI is InChI=1S/C9H9BrO2/c10-8-5-6(11)1-2-7(8)9(12)3-4-9/h1-2,5,11-12H,3-4H2. The van der Waals surface area contributed by atoms with E-state index in [4.69, 9.17) is 5.11 Å². The molecular formula is C9H9BrO2. The monoisotopic (exact) mass is 228 g/mol. The number of hydrogen-bond acceptors (Lipinski definition) is 2. The van der Waals surface area contributed by atoms with Gasteiger partial charge in [-0.25, -0.2) is 0 Å². The molecule has 1 aromatic carbocycles. The highest BCUT2D eigenvalue weighted by atomic mass is 79.9. The van der Waals surface area contributed by atoms with Gasteiger partial charge in [-0.3, -0.25) is 0 Å². The lowest BCUT2D eigenvalue weighted by atomic mass is 10.1. The van der Waals surface area contributed by atoms with Crippen LogP contribution in [0.5, 0.6) is 5.75 Å². The molecule has 2 nitrogen and oxygen atoms in total. The first-order valence-electron chi connectivity index (χ1n) is 3.83. The van der Waals surface area contributed by atoms with Crippen LogP contribution in [0.4, 0.5) is 0 Å². The predicted octanol–water partition coefficient (Wildman–Crippen LogP) is 2.14. The van der Waals surface area contributed by atoms with Gasteiger partial charge in [0.05, 0.1) is 5.60 Å². The lowest BCUT2D eigenvalue weighted by molar-refractivity contribution is 0.150. The van der Waals surface area contributed by atoms with Gasteiger partial charge in [0.15, 0.2) is 0 Å². The molecule has 12 heavy (non-hydrogen) atoms. The van der Waals surface area contributed by atoms with E-state index in [9.17, 15) is 5.11 Å². The van der Waals surface area contributed by atoms with E-state index in [1.165, 1.54) is 0 Å². The number of benzene rings is 1. The highest BCUT2D eigenvalue weighted by molar-refractivity contribution is 9.10. The maximum atomic E-state index is 9.76. The van der Waals surface area contributed by atoms with E-state index >= 15 is 0 Å². The first-order chi connectivity index (χ1) is 5.62. The van der Waals surface area contributed by atoms with Crippen LogP contribution < -0.4 is 0 Å². The summed E-state index contributed by atoms with van der Waals surface area (Å²) in [6.07, 6.45) is 1.63. The zero-order chi connectivity index (χ0) is 8.77. The van der Waals surface area contributed by atoms with Gasteiger partial charge in [0.2, 0.25) is 0 Å². The highest BCUT2D eigenvalue weighted by Gasteiger charge is 2.43. The summed E-state index contributed by atoms with van der Waals surface area (Å²) in [7, 11) is 0. The van der Waals surface area contributed by atoms with E-state index in [0.29, 0.717) is 0 Å². The molecule has 2 N–H and O–H groups in total. The summed E-state index contributed by atoms with van der Waals surface area (Å²) in [5.41, 5.74) is 0.243. The molecule has 1 aliphatic rings. The van der Waals surface area contributed by atoms with E-state index < -0.39 is 5.60 Å². The van der Waals surface area contributed by atoms with E-state index in [-0.39, 0.29) is 5.75 Å². The zero-order valence-corrected chi connectivity index (χ0v) is 8.00. The Hall–Kier alpha value is -0.540. The Bertz CT molecular complexity index is 318. The maximum absolute atomic E-state index is 9.76. The molecule has 1 fully saturated rings. The van der Waals surface area contributed by atoms with Crippen LogP contribution in [-0.2, 0) is 5.60 Å². The van der Waals surface area contributed by atoms with Crippen LogP contribution in [0.3, 0.4) is 0 Å². The Morgan fingerprint density at radius 1 is 1.33 bits per heavy atom. The molecule has 3 heteroatoms. The lowest BCUT2D eigenvalue weighted by Crippen LogP contribution is -2.04. The Kier molecular flexibility index (Phi) is 1.66. The third-order valence-corrected chi connectivity index (χ3v) is 2.83. The summed E-state index contributed by atoms with van der Waals surface area (Å²) < 4.78 is 0.780. The number of rotatable bonds is 1. The van der Waals surface area contributed by atoms with Gasteiger partial charge in [-0.2, -0.15) is 0 Å². The molecule has 0 unspecified atom stereocenters. The molecule has 0 bridgehead atoms. The van der Waals surface area contributed by atoms with Gasteiger partial charge in [0.1, 0.15) is 5.75 Å². The molecule has 0 saturated heterocycles. The number of phenolic OH excluding ortho intramolecular Hbond substituents is 1. The van der Waals surface area contributed by atoms with Gasteiger partial charge in [0, 0.05) is 4.47 Å². The summed E-state index contributed by atoms with van der Waals surface area (Å²) in [4.78, 5) is 0. The summed E-state index contributed by atoms with van der Waals surface area (Å²) >= 11 is 3.30. The van der Waals surface area contributed by atoms with E-state index in [1.54, 1.807) is 18.2 Å². The third kappa shape index (κ3) is 1.23. The van der Waals surface area contributed by atoms with E-state index in [1.807, 2.05) is 0 Å². The van der Waals surface area contributed by atoms with Crippen molar-refractivity contribution in [2.45, 2.75) is 18.4 Å². The van der Waals surface area contributed by atoms with Crippen LogP contribution in [0.1, 0.15) is 18.4 Å². The van der Waals surface area contributed by atoms with Crippen LogP contribution in [0.25, 0.3) is 0 Å². The smallest absolute Gasteiger partial charge is 0.116 e. The van der Waals surface area contributed by atoms with Crippen LogP contribution in [0, 0.1) is 0 Å². The first-order valence-corrected chi connectivity index (χ1v) is 4.62. The molecule has 0 spiro atoms. The van der Waals surface area contributed by atoms with Crippen molar-refractivity contribution in [3.05, 3.63) is 28.2 Å². The molecule has 2 rings (SSSR count). The highest BCUT2D eigenvalue weighted by Crippen LogP contribution is 2.48. The largest absolute Gasteiger partial charge is 0.508 e. The third-order valence-electron chi connectivity index (χ3n) is 2.18. The molecule has 0 atom stereocenters. The fourth-order valence-corrected chi connectivity index (χ4v) is 2.00. The molecule has 1 saturated carbocycles. The van der Waals surface area contributed by atoms with Crippen molar-refractivity contribution < 1.29 is 10.2 Å². The average molecular weight is 229 g/mol. The molecule has 0 heterocycles. The van der Waals surface area contributed by atoms with E-state index in [0.717, 1.165) is 22.9 Å². The molecular weight excluding hydrogens is 220 g/mol. The summed E-state index contributed by atoms with van der Waals surface area (Å²) in [6, 6.07) is 4.95. The van der Waals surface area contributed by atoms with Crippen LogP contribution in [0.15, 0.2) is 22.7 Å².